The van der Waals surface area contributed by atoms with Crippen molar-refractivity contribution >= 4 is 12.0 Å². The molecule has 7 nitrogen and oxygen atoms in total. The lowest BCUT2D eigenvalue weighted by molar-refractivity contribution is -0.138. The fraction of sp³-hybridized carbons (Fsp3) is 0.857. The van der Waals surface area contributed by atoms with E-state index in [-0.39, 0.29) is 18.6 Å². The predicted octanol–water partition coefficient (Wildman–Crippen LogP) is 0.586. The van der Waals surface area contributed by atoms with E-state index in [1.54, 1.807) is 16.9 Å². The molecule has 122 valence electrons. The van der Waals surface area contributed by atoms with E-state index in [1.807, 2.05) is 13.8 Å². The van der Waals surface area contributed by atoms with Gasteiger partial charge in [0.2, 0.25) is 5.91 Å². The Balaban J connectivity index is 2.21. The first-order valence-electron chi connectivity index (χ1n) is 7.30. The molecule has 0 N–H and O–H groups in total. The maximum absolute atomic E-state index is 11.9. The van der Waals surface area contributed by atoms with Crippen molar-refractivity contribution in [1.82, 2.24) is 9.80 Å². The zero-order chi connectivity index (χ0) is 15.7. The maximum Gasteiger partial charge on any atom is 0.409 e. The average Bonchev–Trinajstić information content (AvgIpc) is 2.49. The van der Waals surface area contributed by atoms with E-state index in [0.717, 1.165) is 0 Å². The standard InChI is InChI=1S/C14H26N2O5/c1-12(2)10-21-14(18)16-6-4-15(5-7-16)13(17)11-20-9-8-19-3/h12H,4-11H2,1-3H3. The summed E-state index contributed by atoms with van der Waals surface area (Å²) in [6.07, 6.45) is -0.299. The SMILES string of the molecule is COCCOCC(=O)N1CCN(C(=O)OCC(C)C)CC1. The predicted molar refractivity (Wildman–Crippen MR) is 77.0 cm³/mol. The lowest BCUT2D eigenvalue weighted by atomic mass is 10.2. The summed E-state index contributed by atoms with van der Waals surface area (Å²) in [5.41, 5.74) is 0. The number of carbonyl (C=O) groups excluding carboxylic acids is 2. The van der Waals surface area contributed by atoms with Crippen LogP contribution in [0.3, 0.4) is 0 Å². The minimum absolute atomic E-state index is 0.0544. The number of piperazine rings is 1. The molecule has 0 radical (unpaired) electrons. The van der Waals surface area contributed by atoms with Crippen LogP contribution in [0, 0.1) is 5.92 Å². The molecule has 2 amide bonds. The molecule has 0 aromatic rings. The largest absolute Gasteiger partial charge is 0.449 e. The lowest BCUT2D eigenvalue weighted by Crippen LogP contribution is -2.51. The highest BCUT2D eigenvalue weighted by Gasteiger charge is 2.24. The van der Waals surface area contributed by atoms with E-state index in [1.165, 1.54) is 0 Å². The lowest BCUT2D eigenvalue weighted by Gasteiger charge is -2.34. The van der Waals surface area contributed by atoms with Gasteiger partial charge in [0.1, 0.15) is 6.61 Å². The van der Waals surface area contributed by atoms with Crippen LogP contribution in [-0.2, 0) is 19.0 Å². The molecule has 21 heavy (non-hydrogen) atoms. The molecule has 0 aromatic carbocycles. The van der Waals surface area contributed by atoms with Crippen LogP contribution in [0.2, 0.25) is 0 Å². The Hall–Kier alpha value is -1.34. The summed E-state index contributed by atoms with van der Waals surface area (Å²) >= 11 is 0. The molecule has 1 rings (SSSR count). The average molecular weight is 302 g/mol. The van der Waals surface area contributed by atoms with Crippen LogP contribution in [0.15, 0.2) is 0 Å². The Morgan fingerprint density at radius 3 is 2.24 bits per heavy atom. The van der Waals surface area contributed by atoms with Crippen LogP contribution in [0.5, 0.6) is 0 Å². The maximum atomic E-state index is 11.9. The van der Waals surface area contributed by atoms with E-state index in [4.69, 9.17) is 14.2 Å². The van der Waals surface area contributed by atoms with Gasteiger partial charge in [0.05, 0.1) is 19.8 Å². The van der Waals surface area contributed by atoms with Gasteiger partial charge in [-0.2, -0.15) is 0 Å². The number of methoxy groups -OCH3 is 1. The van der Waals surface area contributed by atoms with Gasteiger partial charge >= 0.3 is 6.09 Å². The topological polar surface area (TPSA) is 68.3 Å². The monoisotopic (exact) mass is 302 g/mol. The van der Waals surface area contributed by atoms with Crippen LogP contribution >= 0.6 is 0 Å². The number of amides is 2. The van der Waals surface area contributed by atoms with Crippen molar-refractivity contribution in [2.45, 2.75) is 13.8 Å². The number of hydrogen-bond acceptors (Lipinski definition) is 5. The molecular formula is C14H26N2O5. The molecule has 1 fully saturated rings. The van der Waals surface area contributed by atoms with Gasteiger partial charge in [-0.15, -0.1) is 0 Å². The van der Waals surface area contributed by atoms with Crippen LogP contribution in [0.25, 0.3) is 0 Å². The molecule has 1 heterocycles. The smallest absolute Gasteiger partial charge is 0.409 e. The highest BCUT2D eigenvalue weighted by molar-refractivity contribution is 5.78. The number of ether oxygens (including phenoxy) is 3. The third-order valence-corrected chi connectivity index (χ3v) is 3.09. The van der Waals surface area contributed by atoms with E-state index in [0.29, 0.717) is 51.9 Å². The first-order valence-corrected chi connectivity index (χ1v) is 7.30. The number of carbonyl (C=O) groups is 2. The first kappa shape index (κ1) is 17.7. The Morgan fingerprint density at radius 2 is 1.67 bits per heavy atom. The van der Waals surface area contributed by atoms with Crippen molar-refractivity contribution < 1.29 is 23.8 Å². The number of nitrogens with zero attached hydrogens (tertiary/aromatic N) is 2. The van der Waals surface area contributed by atoms with Gasteiger partial charge in [0.25, 0.3) is 0 Å². The zero-order valence-electron chi connectivity index (χ0n) is 13.2. The summed E-state index contributed by atoms with van der Waals surface area (Å²) in [5, 5.41) is 0. The molecule has 7 heteroatoms. The Kier molecular flexibility index (Phi) is 8.07. The van der Waals surface area contributed by atoms with Crippen LogP contribution in [0.4, 0.5) is 4.79 Å². The van der Waals surface area contributed by atoms with Gasteiger partial charge in [0, 0.05) is 33.3 Å². The highest BCUT2D eigenvalue weighted by Crippen LogP contribution is 2.05. The number of hydrogen-bond donors (Lipinski definition) is 0. The second kappa shape index (κ2) is 9.57. The molecule has 1 aliphatic rings. The molecule has 1 saturated heterocycles. The molecule has 0 atom stereocenters. The molecule has 0 unspecified atom stereocenters. The third kappa shape index (κ3) is 6.77. The van der Waals surface area contributed by atoms with E-state index >= 15 is 0 Å². The Morgan fingerprint density at radius 1 is 1.05 bits per heavy atom. The van der Waals surface area contributed by atoms with Crippen LogP contribution in [0.1, 0.15) is 13.8 Å². The van der Waals surface area contributed by atoms with Gasteiger partial charge in [-0.25, -0.2) is 4.79 Å². The van der Waals surface area contributed by atoms with E-state index < -0.39 is 0 Å². The summed E-state index contributed by atoms with van der Waals surface area (Å²) in [7, 11) is 1.59. The van der Waals surface area contributed by atoms with Crippen molar-refractivity contribution in [2.75, 3.05) is 59.7 Å². The summed E-state index contributed by atoms with van der Waals surface area (Å²) in [5.74, 6) is 0.266. The molecule has 1 aliphatic heterocycles. The fourth-order valence-electron chi connectivity index (χ4n) is 1.86. The molecular weight excluding hydrogens is 276 g/mol. The van der Waals surface area contributed by atoms with Gasteiger partial charge in [0.15, 0.2) is 0 Å². The first-order chi connectivity index (χ1) is 10.0. The Labute approximate surface area is 126 Å². The fourth-order valence-corrected chi connectivity index (χ4v) is 1.86. The minimum Gasteiger partial charge on any atom is -0.449 e. The minimum atomic E-state index is -0.299. The normalized spacial score (nSPS) is 15.4. The molecule has 0 spiro atoms. The summed E-state index contributed by atoms with van der Waals surface area (Å²) in [6.45, 7) is 7.38. The zero-order valence-corrected chi connectivity index (χ0v) is 13.2. The van der Waals surface area contributed by atoms with E-state index in [2.05, 4.69) is 0 Å². The van der Waals surface area contributed by atoms with Crippen molar-refractivity contribution in [2.24, 2.45) is 5.92 Å². The molecule has 0 saturated carbocycles. The molecule has 0 bridgehead atoms. The highest BCUT2D eigenvalue weighted by atomic mass is 16.6. The summed E-state index contributed by atoms with van der Waals surface area (Å²) in [4.78, 5) is 27.0. The quantitative estimate of drug-likeness (QED) is 0.644. The van der Waals surface area contributed by atoms with Crippen LogP contribution < -0.4 is 0 Å². The molecule has 0 aliphatic carbocycles. The number of rotatable bonds is 7. The van der Waals surface area contributed by atoms with Crippen molar-refractivity contribution in [3.63, 3.8) is 0 Å². The van der Waals surface area contributed by atoms with Crippen molar-refractivity contribution in [3.05, 3.63) is 0 Å². The third-order valence-electron chi connectivity index (χ3n) is 3.09. The van der Waals surface area contributed by atoms with Crippen molar-refractivity contribution in [1.29, 1.82) is 0 Å². The van der Waals surface area contributed by atoms with Gasteiger partial charge in [-0.3, -0.25) is 4.79 Å². The van der Waals surface area contributed by atoms with E-state index in [9.17, 15) is 9.59 Å². The van der Waals surface area contributed by atoms with Crippen LogP contribution in [-0.4, -0.2) is 81.5 Å². The van der Waals surface area contributed by atoms with Crippen molar-refractivity contribution in [3.8, 4) is 0 Å². The Bertz CT molecular complexity index is 327. The summed E-state index contributed by atoms with van der Waals surface area (Å²) < 4.78 is 15.2. The second-order valence-corrected chi connectivity index (χ2v) is 5.38. The van der Waals surface area contributed by atoms with Gasteiger partial charge < -0.3 is 24.0 Å². The van der Waals surface area contributed by atoms with Gasteiger partial charge in [-0.05, 0) is 5.92 Å². The molecule has 0 aromatic heterocycles. The summed E-state index contributed by atoms with van der Waals surface area (Å²) in [6, 6.07) is 0. The van der Waals surface area contributed by atoms with Gasteiger partial charge in [-0.1, -0.05) is 13.8 Å². The second-order valence-electron chi connectivity index (χ2n) is 5.38.